The Kier molecular flexibility index (Phi) is 5.21. The Balaban J connectivity index is 0.00000162. The number of carboxylic acids is 1. The maximum atomic E-state index is 10.7. The number of rotatable bonds is 4. The van der Waals surface area contributed by atoms with Crippen LogP contribution in [0.4, 0.5) is 0 Å². The molecule has 0 fully saturated rings. The zero-order valence-corrected chi connectivity index (χ0v) is 10.4. The van der Waals surface area contributed by atoms with Gasteiger partial charge in [0.15, 0.2) is 0 Å². The molecule has 0 aliphatic rings. The molecule has 0 aliphatic carbocycles. The van der Waals surface area contributed by atoms with Crippen molar-refractivity contribution in [3.05, 3.63) is 65.7 Å². The number of benzene rings is 2. The molecule has 0 radical (unpaired) electrons. The quantitative estimate of drug-likeness (QED) is 0.921. The van der Waals surface area contributed by atoms with Gasteiger partial charge in [-0.05, 0) is 29.8 Å². The number of hydrogen-bond donors (Lipinski definition) is 1. The third-order valence-corrected chi connectivity index (χ3v) is 2.35. The molecule has 94 valence electrons. The van der Waals surface area contributed by atoms with Gasteiger partial charge in [0.2, 0.25) is 0 Å². The van der Waals surface area contributed by atoms with Gasteiger partial charge in [0.05, 0.1) is 5.56 Å². The molecule has 1 N–H and O–H groups in total. The van der Waals surface area contributed by atoms with Gasteiger partial charge in [0.1, 0.15) is 12.4 Å². The lowest BCUT2D eigenvalue weighted by Crippen LogP contribution is -1.98. The van der Waals surface area contributed by atoms with E-state index in [4.69, 9.17) is 9.84 Å². The molecule has 4 heteroatoms. The summed E-state index contributed by atoms with van der Waals surface area (Å²) in [4.78, 5) is 10.7. The Labute approximate surface area is 111 Å². The van der Waals surface area contributed by atoms with E-state index in [1.165, 1.54) is 0 Å². The van der Waals surface area contributed by atoms with E-state index in [-0.39, 0.29) is 18.0 Å². The van der Waals surface area contributed by atoms with Crippen LogP contribution in [0.5, 0.6) is 5.75 Å². The Bertz CT molecular complexity index is 494. The number of hydrogen-bond acceptors (Lipinski definition) is 2. The lowest BCUT2D eigenvalue weighted by Gasteiger charge is -2.06. The van der Waals surface area contributed by atoms with Crippen LogP contribution >= 0.6 is 12.4 Å². The lowest BCUT2D eigenvalue weighted by molar-refractivity contribution is 0.0697. The molecule has 0 aliphatic heterocycles. The van der Waals surface area contributed by atoms with Crippen LogP contribution in [-0.2, 0) is 6.61 Å². The highest BCUT2D eigenvalue weighted by molar-refractivity contribution is 5.87. The number of carboxylic acid groups (broad SMARTS) is 1. The van der Waals surface area contributed by atoms with E-state index in [0.29, 0.717) is 6.61 Å². The second kappa shape index (κ2) is 6.67. The highest BCUT2D eigenvalue weighted by atomic mass is 35.5. The fourth-order valence-electron chi connectivity index (χ4n) is 1.43. The summed E-state index contributed by atoms with van der Waals surface area (Å²) in [5, 5.41) is 8.75. The lowest BCUT2D eigenvalue weighted by atomic mass is 10.1. The Morgan fingerprint density at radius 3 is 2.17 bits per heavy atom. The number of ether oxygens (including phenoxy) is 1. The predicted molar refractivity (Wildman–Crippen MR) is 71.4 cm³/mol. The van der Waals surface area contributed by atoms with Gasteiger partial charge in [-0.15, -0.1) is 12.4 Å². The Morgan fingerprint density at radius 1 is 1.00 bits per heavy atom. The molecule has 2 aromatic rings. The number of halogens is 1. The van der Waals surface area contributed by atoms with Gasteiger partial charge < -0.3 is 9.84 Å². The molecule has 0 saturated carbocycles. The van der Waals surface area contributed by atoms with Crippen molar-refractivity contribution in [3.63, 3.8) is 0 Å². The summed E-state index contributed by atoms with van der Waals surface area (Å²) >= 11 is 0. The van der Waals surface area contributed by atoms with Crippen LogP contribution < -0.4 is 4.74 Å². The number of carbonyl (C=O) groups is 1. The molecule has 3 nitrogen and oxygen atoms in total. The van der Waals surface area contributed by atoms with Crippen LogP contribution in [0.2, 0.25) is 0 Å². The van der Waals surface area contributed by atoms with Gasteiger partial charge in [0, 0.05) is 0 Å². The maximum absolute atomic E-state index is 10.7. The van der Waals surface area contributed by atoms with Crippen molar-refractivity contribution >= 4 is 18.4 Å². The highest BCUT2D eigenvalue weighted by Crippen LogP contribution is 2.12. The van der Waals surface area contributed by atoms with Crippen molar-refractivity contribution in [2.75, 3.05) is 0 Å². The Morgan fingerprint density at radius 2 is 1.61 bits per heavy atom. The van der Waals surface area contributed by atoms with Crippen molar-refractivity contribution < 1.29 is 14.6 Å². The highest BCUT2D eigenvalue weighted by Gasteiger charge is 2.01. The van der Waals surface area contributed by atoms with Crippen molar-refractivity contribution in [2.45, 2.75) is 6.61 Å². The second-order valence-corrected chi connectivity index (χ2v) is 3.60. The van der Waals surface area contributed by atoms with Gasteiger partial charge in [0.25, 0.3) is 0 Å². The van der Waals surface area contributed by atoms with Gasteiger partial charge in [-0.3, -0.25) is 0 Å². The van der Waals surface area contributed by atoms with E-state index in [9.17, 15) is 4.79 Å². The minimum atomic E-state index is -0.916. The van der Waals surface area contributed by atoms with Crippen molar-refractivity contribution in [3.8, 4) is 5.75 Å². The molecule has 0 saturated heterocycles. The summed E-state index contributed by atoms with van der Waals surface area (Å²) in [6, 6.07) is 16.2. The van der Waals surface area contributed by atoms with E-state index in [0.717, 1.165) is 11.3 Å². The molecule has 18 heavy (non-hydrogen) atoms. The molecule has 2 aromatic carbocycles. The largest absolute Gasteiger partial charge is 0.489 e. The van der Waals surface area contributed by atoms with E-state index in [1.54, 1.807) is 24.3 Å². The first-order valence-electron chi connectivity index (χ1n) is 5.26. The summed E-state index contributed by atoms with van der Waals surface area (Å²) in [5.74, 6) is -0.115. The molecule has 2 rings (SSSR count). The summed E-state index contributed by atoms with van der Waals surface area (Å²) in [5.41, 5.74) is 1.23. The third kappa shape index (κ3) is 3.79. The van der Waals surface area contributed by atoms with Crippen molar-refractivity contribution in [2.24, 2.45) is 0 Å². The minimum absolute atomic E-state index is 0. The molecule has 0 bridgehead atoms. The normalized spacial score (nSPS) is 9.33. The van der Waals surface area contributed by atoms with E-state index < -0.39 is 5.97 Å². The molecule has 0 amide bonds. The summed E-state index contributed by atoms with van der Waals surface area (Å²) < 4.78 is 5.54. The molecule has 0 atom stereocenters. The molecular weight excluding hydrogens is 252 g/mol. The fraction of sp³-hybridized carbons (Fsp3) is 0.0714. The van der Waals surface area contributed by atoms with Crippen molar-refractivity contribution in [1.29, 1.82) is 0 Å². The van der Waals surface area contributed by atoms with Crippen LogP contribution in [0, 0.1) is 0 Å². The van der Waals surface area contributed by atoms with Gasteiger partial charge >= 0.3 is 5.97 Å². The van der Waals surface area contributed by atoms with Crippen LogP contribution in [-0.4, -0.2) is 11.1 Å². The van der Waals surface area contributed by atoms with E-state index in [2.05, 4.69) is 0 Å². The van der Waals surface area contributed by atoms with Crippen LogP contribution in [0.1, 0.15) is 15.9 Å². The average molecular weight is 265 g/mol. The topological polar surface area (TPSA) is 46.5 Å². The molecule has 0 heterocycles. The molecule has 0 aromatic heterocycles. The first kappa shape index (κ1) is 14.1. The maximum Gasteiger partial charge on any atom is 0.335 e. The van der Waals surface area contributed by atoms with Gasteiger partial charge in [-0.1, -0.05) is 30.3 Å². The van der Waals surface area contributed by atoms with Gasteiger partial charge in [-0.2, -0.15) is 0 Å². The zero-order valence-electron chi connectivity index (χ0n) is 9.58. The summed E-state index contributed by atoms with van der Waals surface area (Å²) in [6.45, 7) is 0.434. The monoisotopic (exact) mass is 264 g/mol. The number of para-hydroxylation sites is 1. The minimum Gasteiger partial charge on any atom is -0.489 e. The van der Waals surface area contributed by atoms with Gasteiger partial charge in [-0.25, -0.2) is 4.79 Å². The van der Waals surface area contributed by atoms with Crippen LogP contribution in [0.15, 0.2) is 54.6 Å². The smallest absolute Gasteiger partial charge is 0.335 e. The van der Waals surface area contributed by atoms with Crippen LogP contribution in [0.3, 0.4) is 0 Å². The molecule has 0 spiro atoms. The van der Waals surface area contributed by atoms with E-state index >= 15 is 0 Å². The first-order valence-corrected chi connectivity index (χ1v) is 5.26. The number of aromatic carboxylic acids is 1. The molecular formula is C14H13ClO3. The predicted octanol–water partition coefficient (Wildman–Crippen LogP) is 3.39. The second-order valence-electron chi connectivity index (χ2n) is 3.60. The fourth-order valence-corrected chi connectivity index (χ4v) is 1.43. The summed E-state index contributed by atoms with van der Waals surface area (Å²) in [6.07, 6.45) is 0. The first-order chi connectivity index (χ1) is 8.25. The standard InChI is InChI=1S/C14H12O3.ClH/c15-14(16)12-8-6-11(7-9-12)10-17-13-4-2-1-3-5-13;/h1-9H,10H2,(H,15,16);1H. The zero-order chi connectivity index (χ0) is 12.1. The average Bonchev–Trinajstić information content (AvgIpc) is 2.38. The van der Waals surface area contributed by atoms with E-state index in [1.807, 2.05) is 30.3 Å². The molecule has 0 unspecified atom stereocenters. The van der Waals surface area contributed by atoms with Crippen molar-refractivity contribution in [1.82, 2.24) is 0 Å². The SMILES string of the molecule is Cl.O=C(O)c1ccc(COc2ccccc2)cc1. The summed E-state index contributed by atoms with van der Waals surface area (Å²) in [7, 11) is 0. The third-order valence-electron chi connectivity index (χ3n) is 2.35. The Hall–Kier alpha value is -2.00. The van der Waals surface area contributed by atoms with Crippen LogP contribution in [0.25, 0.3) is 0 Å².